The molecule has 0 bridgehead atoms. The number of piperidine rings is 1. The Kier molecular flexibility index (Phi) is 5.51. The van der Waals surface area contributed by atoms with Crippen LogP contribution in [-0.2, 0) is 6.54 Å². The minimum atomic E-state index is 0.827. The molecule has 2 aliphatic rings. The Hall–Kier alpha value is -0.900. The van der Waals surface area contributed by atoms with Gasteiger partial charge in [-0.25, -0.2) is 0 Å². The Morgan fingerprint density at radius 3 is 2.32 bits per heavy atom. The molecule has 3 nitrogen and oxygen atoms in total. The molecule has 0 radical (unpaired) electrons. The van der Waals surface area contributed by atoms with Crippen molar-refractivity contribution < 1.29 is 0 Å². The van der Waals surface area contributed by atoms with Gasteiger partial charge in [-0.05, 0) is 45.0 Å². The van der Waals surface area contributed by atoms with Crippen LogP contribution in [0.4, 0.5) is 0 Å². The van der Waals surface area contributed by atoms with Crippen molar-refractivity contribution in [3.8, 4) is 0 Å². The number of nitrogens with zero attached hydrogens (tertiary/aromatic N) is 3. The van der Waals surface area contributed by atoms with Gasteiger partial charge >= 0.3 is 0 Å². The van der Waals surface area contributed by atoms with E-state index in [2.05, 4.69) is 52.8 Å². The summed E-state index contributed by atoms with van der Waals surface area (Å²) < 4.78 is 0. The van der Waals surface area contributed by atoms with Crippen molar-refractivity contribution in [2.45, 2.75) is 39.3 Å². The molecular weight excluding hydrogens is 270 g/mol. The highest BCUT2D eigenvalue weighted by Gasteiger charge is 2.26. The molecule has 0 unspecified atom stereocenters. The fourth-order valence-electron chi connectivity index (χ4n) is 3.96. The third kappa shape index (κ3) is 4.09. The molecular formula is C19H31N3. The molecule has 3 rings (SSSR count). The van der Waals surface area contributed by atoms with Crippen molar-refractivity contribution in [3.63, 3.8) is 0 Å². The Morgan fingerprint density at radius 2 is 1.68 bits per heavy atom. The Balaban J connectivity index is 1.44. The molecule has 1 aromatic rings. The van der Waals surface area contributed by atoms with Crippen LogP contribution in [0.15, 0.2) is 24.3 Å². The second-order valence-electron chi connectivity index (χ2n) is 6.97. The van der Waals surface area contributed by atoms with Gasteiger partial charge in [0.15, 0.2) is 0 Å². The lowest BCUT2D eigenvalue weighted by Crippen LogP contribution is -2.52. The molecule has 2 fully saturated rings. The number of benzene rings is 1. The molecule has 0 spiro atoms. The fourth-order valence-corrected chi connectivity index (χ4v) is 3.96. The van der Waals surface area contributed by atoms with Gasteiger partial charge in [0.2, 0.25) is 0 Å². The van der Waals surface area contributed by atoms with E-state index < -0.39 is 0 Å². The molecule has 2 aliphatic heterocycles. The summed E-state index contributed by atoms with van der Waals surface area (Å²) in [6.45, 7) is 14.4. The summed E-state index contributed by atoms with van der Waals surface area (Å²) in [7, 11) is 0. The van der Waals surface area contributed by atoms with Crippen molar-refractivity contribution in [1.29, 1.82) is 0 Å². The number of hydrogen-bond donors (Lipinski definition) is 0. The summed E-state index contributed by atoms with van der Waals surface area (Å²) in [6.07, 6.45) is 2.69. The Labute approximate surface area is 135 Å². The average molecular weight is 301 g/mol. The van der Waals surface area contributed by atoms with E-state index in [1.807, 2.05) is 0 Å². The highest BCUT2D eigenvalue weighted by molar-refractivity contribution is 5.22. The first kappa shape index (κ1) is 16.0. The standard InChI is InChI=1S/C19H31N3/c1-3-20-11-13-22(14-12-20)19-7-9-21(10-8-19)16-18-6-4-5-17(2)15-18/h4-6,15,19H,3,7-14,16H2,1-2H3. The molecule has 1 aromatic carbocycles. The Bertz CT molecular complexity index is 458. The molecule has 2 saturated heterocycles. The molecule has 0 N–H and O–H groups in total. The smallest absolute Gasteiger partial charge is 0.0233 e. The summed E-state index contributed by atoms with van der Waals surface area (Å²) in [5, 5.41) is 0. The molecule has 0 aromatic heterocycles. The van der Waals surface area contributed by atoms with Crippen LogP contribution in [0.3, 0.4) is 0 Å². The first-order chi connectivity index (χ1) is 10.7. The third-order valence-electron chi connectivity index (χ3n) is 5.42. The van der Waals surface area contributed by atoms with Crippen LogP contribution in [0.5, 0.6) is 0 Å². The molecule has 0 amide bonds. The van der Waals surface area contributed by atoms with Gasteiger partial charge in [-0.1, -0.05) is 36.8 Å². The number of hydrogen-bond acceptors (Lipinski definition) is 3. The van der Waals surface area contributed by atoms with Crippen LogP contribution in [-0.4, -0.2) is 66.6 Å². The lowest BCUT2D eigenvalue weighted by atomic mass is 10.0. The molecule has 22 heavy (non-hydrogen) atoms. The summed E-state index contributed by atoms with van der Waals surface area (Å²) in [6, 6.07) is 9.79. The Morgan fingerprint density at radius 1 is 0.955 bits per heavy atom. The van der Waals surface area contributed by atoms with Gasteiger partial charge in [0.25, 0.3) is 0 Å². The summed E-state index contributed by atoms with van der Waals surface area (Å²) >= 11 is 0. The zero-order valence-corrected chi connectivity index (χ0v) is 14.3. The van der Waals surface area contributed by atoms with E-state index in [0.717, 1.165) is 12.6 Å². The van der Waals surface area contributed by atoms with E-state index in [1.165, 1.54) is 69.8 Å². The van der Waals surface area contributed by atoms with E-state index in [-0.39, 0.29) is 0 Å². The van der Waals surface area contributed by atoms with Gasteiger partial charge in [-0.3, -0.25) is 9.80 Å². The van der Waals surface area contributed by atoms with E-state index in [0.29, 0.717) is 0 Å². The van der Waals surface area contributed by atoms with Crippen LogP contribution in [0.1, 0.15) is 30.9 Å². The summed E-state index contributed by atoms with van der Waals surface area (Å²) in [5.41, 5.74) is 2.84. The number of likely N-dealkylation sites (N-methyl/N-ethyl adjacent to an activating group) is 1. The normalized spacial score (nSPS) is 23.0. The SMILES string of the molecule is CCN1CCN(C2CCN(Cc3cccc(C)c3)CC2)CC1. The lowest BCUT2D eigenvalue weighted by Gasteiger charge is -2.42. The van der Waals surface area contributed by atoms with Gasteiger partial charge in [-0.15, -0.1) is 0 Å². The highest BCUT2D eigenvalue weighted by atomic mass is 15.3. The van der Waals surface area contributed by atoms with Gasteiger partial charge in [0.1, 0.15) is 0 Å². The molecule has 3 heteroatoms. The van der Waals surface area contributed by atoms with Crippen LogP contribution >= 0.6 is 0 Å². The van der Waals surface area contributed by atoms with E-state index in [1.54, 1.807) is 0 Å². The molecule has 0 atom stereocenters. The summed E-state index contributed by atoms with van der Waals surface area (Å²) in [4.78, 5) is 7.95. The second-order valence-corrected chi connectivity index (χ2v) is 6.97. The predicted octanol–water partition coefficient (Wildman–Crippen LogP) is 2.60. The first-order valence-electron chi connectivity index (χ1n) is 8.99. The highest BCUT2D eigenvalue weighted by Crippen LogP contribution is 2.20. The van der Waals surface area contributed by atoms with Crippen molar-refractivity contribution in [2.24, 2.45) is 0 Å². The zero-order valence-electron chi connectivity index (χ0n) is 14.3. The van der Waals surface area contributed by atoms with Gasteiger partial charge in [0, 0.05) is 38.8 Å². The maximum absolute atomic E-state index is 2.75. The topological polar surface area (TPSA) is 9.72 Å². The minimum Gasteiger partial charge on any atom is -0.301 e. The maximum atomic E-state index is 2.75. The first-order valence-corrected chi connectivity index (χ1v) is 8.99. The van der Waals surface area contributed by atoms with Crippen molar-refractivity contribution in [2.75, 3.05) is 45.8 Å². The van der Waals surface area contributed by atoms with Gasteiger partial charge in [-0.2, -0.15) is 0 Å². The van der Waals surface area contributed by atoms with Crippen molar-refractivity contribution in [3.05, 3.63) is 35.4 Å². The van der Waals surface area contributed by atoms with E-state index in [9.17, 15) is 0 Å². The maximum Gasteiger partial charge on any atom is 0.0233 e. The molecule has 122 valence electrons. The quantitative estimate of drug-likeness (QED) is 0.846. The van der Waals surface area contributed by atoms with Gasteiger partial charge < -0.3 is 4.90 Å². The van der Waals surface area contributed by atoms with E-state index >= 15 is 0 Å². The summed E-state index contributed by atoms with van der Waals surface area (Å²) in [5.74, 6) is 0. The van der Waals surface area contributed by atoms with Crippen LogP contribution in [0, 0.1) is 6.92 Å². The molecule has 2 heterocycles. The molecule has 0 aliphatic carbocycles. The molecule has 0 saturated carbocycles. The number of rotatable bonds is 4. The number of aryl methyl sites for hydroxylation is 1. The van der Waals surface area contributed by atoms with Crippen LogP contribution in [0.25, 0.3) is 0 Å². The number of piperazine rings is 1. The van der Waals surface area contributed by atoms with Crippen LogP contribution in [0.2, 0.25) is 0 Å². The zero-order chi connectivity index (χ0) is 15.4. The van der Waals surface area contributed by atoms with Crippen molar-refractivity contribution >= 4 is 0 Å². The predicted molar refractivity (Wildman–Crippen MR) is 93.2 cm³/mol. The van der Waals surface area contributed by atoms with Crippen LogP contribution < -0.4 is 0 Å². The average Bonchev–Trinajstić information content (AvgIpc) is 2.56. The minimum absolute atomic E-state index is 0.827. The second kappa shape index (κ2) is 7.58. The third-order valence-corrected chi connectivity index (χ3v) is 5.42. The fraction of sp³-hybridized carbons (Fsp3) is 0.684. The largest absolute Gasteiger partial charge is 0.301 e. The van der Waals surface area contributed by atoms with Gasteiger partial charge in [0.05, 0.1) is 0 Å². The number of likely N-dealkylation sites (tertiary alicyclic amines) is 1. The lowest BCUT2D eigenvalue weighted by molar-refractivity contribution is 0.0593. The van der Waals surface area contributed by atoms with E-state index in [4.69, 9.17) is 0 Å². The van der Waals surface area contributed by atoms with Crippen molar-refractivity contribution in [1.82, 2.24) is 14.7 Å². The monoisotopic (exact) mass is 301 g/mol.